The van der Waals surface area contributed by atoms with Gasteiger partial charge in [0.25, 0.3) is 0 Å². The number of nitrogens with one attached hydrogen (secondary N) is 1. The number of nitrogens with zero attached hydrogens (tertiary/aromatic N) is 1. The van der Waals surface area contributed by atoms with Gasteiger partial charge in [-0.2, -0.15) is 13.2 Å². The van der Waals surface area contributed by atoms with Crippen LogP contribution in [0.3, 0.4) is 0 Å². The average molecular weight is 245 g/mol. The van der Waals surface area contributed by atoms with Crippen molar-refractivity contribution in [3.63, 3.8) is 0 Å². The van der Waals surface area contributed by atoms with Gasteiger partial charge in [0.2, 0.25) is 0 Å². The fourth-order valence-electron chi connectivity index (χ4n) is 2.20. The maximum absolute atomic E-state index is 12.1. The molecule has 0 aromatic heterocycles. The second-order valence-corrected chi connectivity index (χ2v) is 3.89. The van der Waals surface area contributed by atoms with E-state index >= 15 is 0 Å². The van der Waals surface area contributed by atoms with E-state index in [1.54, 1.807) is 0 Å². The molecule has 2 aliphatic heterocycles. The normalized spacial score (nSPS) is 29.9. The van der Waals surface area contributed by atoms with Crippen molar-refractivity contribution in [3.8, 4) is 0 Å². The van der Waals surface area contributed by atoms with Crippen LogP contribution in [0.2, 0.25) is 0 Å². The van der Waals surface area contributed by atoms with Gasteiger partial charge in [-0.25, -0.2) is 0 Å². The number of likely N-dealkylation sites (tertiary alicyclic amines) is 1. The van der Waals surface area contributed by atoms with Crippen LogP contribution < -0.4 is 5.32 Å². The van der Waals surface area contributed by atoms with Gasteiger partial charge < -0.3 is 10.2 Å². The van der Waals surface area contributed by atoms with Crippen LogP contribution in [0.15, 0.2) is 0 Å². The standard InChI is InChI=1S/C8H11F3N2O.ClH/c9-8(10,11)7(14)13-3-5-1-12-2-6(5)4-13;/h5-6,12H,1-4H2;1H/t5-,6+;. The lowest BCUT2D eigenvalue weighted by Crippen LogP contribution is -2.41. The number of halogens is 4. The molecule has 2 atom stereocenters. The quantitative estimate of drug-likeness (QED) is 0.679. The van der Waals surface area contributed by atoms with Gasteiger partial charge in [0.15, 0.2) is 0 Å². The van der Waals surface area contributed by atoms with E-state index in [0.29, 0.717) is 0 Å². The molecule has 7 heteroatoms. The number of hydrogen-bond acceptors (Lipinski definition) is 2. The topological polar surface area (TPSA) is 32.3 Å². The summed E-state index contributed by atoms with van der Waals surface area (Å²) in [5, 5.41) is 3.10. The van der Waals surface area contributed by atoms with Crippen molar-refractivity contribution in [3.05, 3.63) is 0 Å². The van der Waals surface area contributed by atoms with Crippen LogP contribution in [0, 0.1) is 11.8 Å². The molecule has 3 nitrogen and oxygen atoms in total. The largest absolute Gasteiger partial charge is 0.471 e. The average Bonchev–Trinajstić information content (AvgIpc) is 2.58. The molecule has 0 aliphatic carbocycles. The van der Waals surface area contributed by atoms with Crippen molar-refractivity contribution in [2.75, 3.05) is 26.2 Å². The lowest BCUT2D eigenvalue weighted by molar-refractivity contribution is -0.184. The molecule has 88 valence electrons. The summed E-state index contributed by atoms with van der Waals surface area (Å²) in [6.07, 6.45) is -4.72. The SMILES string of the molecule is Cl.O=C(N1C[C@H]2CNC[C@H]2C1)C(F)(F)F. The fourth-order valence-corrected chi connectivity index (χ4v) is 2.20. The molecular formula is C8H12ClF3N2O. The summed E-state index contributed by atoms with van der Waals surface area (Å²) in [5.41, 5.74) is 0. The molecule has 15 heavy (non-hydrogen) atoms. The van der Waals surface area contributed by atoms with Gasteiger partial charge >= 0.3 is 12.1 Å². The molecule has 0 aromatic carbocycles. The van der Waals surface area contributed by atoms with Gasteiger partial charge in [-0.1, -0.05) is 0 Å². The van der Waals surface area contributed by atoms with Gasteiger partial charge in [-0.05, 0) is 11.8 Å². The lowest BCUT2D eigenvalue weighted by atomic mass is 10.0. The Morgan fingerprint density at radius 2 is 1.67 bits per heavy atom. The molecule has 2 rings (SSSR count). The van der Waals surface area contributed by atoms with Crippen LogP contribution in [-0.4, -0.2) is 43.2 Å². The van der Waals surface area contributed by atoms with E-state index in [4.69, 9.17) is 0 Å². The maximum atomic E-state index is 12.1. The van der Waals surface area contributed by atoms with Crippen molar-refractivity contribution in [2.24, 2.45) is 11.8 Å². The Bertz CT molecular complexity index is 247. The molecule has 0 spiro atoms. The Labute approximate surface area is 91.4 Å². The predicted molar refractivity (Wildman–Crippen MR) is 49.7 cm³/mol. The van der Waals surface area contributed by atoms with Crippen molar-refractivity contribution in [1.82, 2.24) is 10.2 Å². The molecule has 0 bridgehead atoms. The molecule has 2 heterocycles. The van der Waals surface area contributed by atoms with Gasteiger partial charge in [-0.15, -0.1) is 12.4 Å². The van der Waals surface area contributed by atoms with Crippen molar-refractivity contribution in [2.45, 2.75) is 6.18 Å². The first-order chi connectivity index (χ1) is 6.48. The van der Waals surface area contributed by atoms with E-state index in [1.807, 2.05) is 0 Å². The van der Waals surface area contributed by atoms with E-state index in [9.17, 15) is 18.0 Å². The van der Waals surface area contributed by atoms with E-state index in [0.717, 1.165) is 18.0 Å². The summed E-state index contributed by atoms with van der Waals surface area (Å²) in [7, 11) is 0. The van der Waals surface area contributed by atoms with E-state index in [1.165, 1.54) is 0 Å². The van der Waals surface area contributed by atoms with Crippen LogP contribution >= 0.6 is 12.4 Å². The minimum Gasteiger partial charge on any atom is -0.334 e. The van der Waals surface area contributed by atoms with E-state index in [-0.39, 0.29) is 37.3 Å². The predicted octanol–water partition coefficient (Wildman–Crippen LogP) is 0.648. The lowest BCUT2D eigenvalue weighted by Gasteiger charge is -2.18. The highest BCUT2D eigenvalue weighted by Crippen LogP contribution is 2.29. The smallest absolute Gasteiger partial charge is 0.334 e. The zero-order chi connectivity index (χ0) is 10.3. The molecule has 0 saturated carbocycles. The minimum absolute atomic E-state index is 0. The third-order valence-corrected chi connectivity index (χ3v) is 2.92. The van der Waals surface area contributed by atoms with Gasteiger partial charge in [0.1, 0.15) is 0 Å². The molecule has 2 aliphatic rings. The van der Waals surface area contributed by atoms with Crippen LogP contribution in [-0.2, 0) is 4.79 Å². The number of carbonyl (C=O) groups is 1. The van der Waals surface area contributed by atoms with Crippen LogP contribution in [0.4, 0.5) is 13.2 Å². The Balaban J connectivity index is 0.00000112. The number of fused-ring (bicyclic) bond motifs is 1. The van der Waals surface area contributed by atoms with Gasteiger partial charge in [0.05, 0.1) is 0 Å². The summed E-state index contributed by atoms with van der Waals surface area (Å²) in [6.45, 7) is 1.95. The van der Waals surface area contributed by atoms with Gasteiger partial charge in [-0.3, -0.25) is 4.79 Å². The summed E-state index contributed by atoms with van der Waals surface area (Å²) in [6, 6.07) is 0. The summed E-state index contributed by atoms with van der Waals surface area (Å²) in [4.78, 5) is 11.8. The molecule has 0 aromatic rings. The number of alkyl halides is 3. The van der Waals surface area contributed by atoms with E-state index < -0.39 is 12.1 Å². The molecule has 2 fully saturated rings. The molecule has 0 unspecified atom stereocenters. The second-order valence-electron chi connectivity index (χ2n) is 3.89. The summed E-state index contributed by atoms with van der Waals surface area (Å²) < 4.78 is 36.2. The molecule has 2 saturated heterocycles. The Morgan fingerprint density at radius 3 is 2.07 bits per heavy atom. The van der Waals surface area contributed by atoms with Crippen LogP contribution in [0.25, 0.3) is 0 Å². The first-order valence-corrected chi connectivity index (χ1v) is 4.55. The van der Waals surface area contributed by atoms with Crippen molar-refractivity contribution >= 4 is 18.3 Å². The Hall–Kier alpha value is -0.490. The number of amides is 1. The highest BCUT2D eigenvalue weighted by atomic mass is 35.5. The fraction of sp³-hybridized carbons (Fsp3) is 0.875. The first-order valence-electron chi connectivity index (χ1n) is 4.55. The van der Waals surface area contributed by atoms with E-state index in [2.05, 4.69) is 5.32 Å². The Kier molecular flexibility index (Phi) is 3.50. The Morgan fingerprint density at radius 1 is 1.20 bits per heavy atom. The van der Waals surface area contributed by atoms with Crippen molar-refractivity contribution < 1.29 is 18.0 Å². The highest BCUT2D eigenvalue weighted by Gasteiger charge is 2.47. The van der Waals surface area contributed by atoms with Crippen LogP contribution in [0.1, 0.15) is 0 Å². The number of rotatable bonds is 0. The highest BCUT2D eigenvalue weighted by molar-refractivity contribution is 5.85. The van der Waals surface area contributed by atoms with Crippen molar-refractivity contribution in [1.29, 1.82) is 0 Å². The minimum atomic E-state index is -4.72. The third kappa shape index (κ3) is 2.36. The number of carbonyl (C=O) groups excluding carboxylic acids is 1. The molecule has 0 radical (unpaired) electrons. The third-order valence-electron chi connectivity index (χ3n) is 2.92. The van der Waals surface area contributed by atoms with Gasteiger partial charge in [0, 0.05) is 26.2 Å². The summed E-state index contributed by atoms with van der Waals surface area (Å²) in [5.74, 6) is -1.27. The first kappa shape index (κ1) is 12.6. The zero-order valence-electron chi connectivity index (χ0n) is 7.88. The van der Waals surface area contributed by atoms with Crippen LogP contribution in [0.5, 0.6) is 0 Å². The second kappa shape index (κ2) is 4.17. The zero-order valence-corrected chi connectivity index (χ0v) is 8.70. The monoisotopic (exact) mass is 244 g/mol. The number of hydrogen-bond donors (Lipinski definition) is 1. The molecule has 1 N–H and O–H groups in total. The summed E-state index contributed by atoms with van der Waals surface area (Å²) >= 11 is 0. The maximum Gasteiger partial charge on any atom is 0.471 e. The molecule has 1 amide bonds. The molecular weight excluding hydrogens is 233 g/mol.